The number of pyridine rings is 1. The molecule has 0 aliphatic carbocycles. The molecule has 0 radical (unpaired) electrons. The van der Waals surface area contributed by atoms with Crippen LogP contribution in [0.3, 0.4) is 0 Å². The van der Waals surface area contributed by atoms with E-state index in [9.17, 15) is 0 Å². The Kier molecular flexibility index (Phi) is 3.98. The lowest BCUT2D eigenvalue weighted by Crippen LogP contribution is -2.01. The first-order valence-corrected chi connectivity index (χ1v) is 7.67. The Morgan fingerprint density at radius 2 is 1.95 bits per heavy atom. The van der Waals surface area contributed by atoms with Gasteiger partial charge in [-0.3, -0.25) is 4.98 Å². The Hall–Kier alpha value is -1.46. The highest BCUT2D eigenvalue weighted by molar-refractivity contribution is 9.10. The molecule has 0 unspecified atom stereocenters. The van der Waals surface area contributed by atoms with E-state index in [0.29, 0.717) is 0 Å². The Labute approximate surface area is 134 Å². The van der Waals surface area contributed by atoms with Gasteiger partial charge in [-0.2, -0.15) is 0 Å². The Balaban J connectivity index is 1.94. The van der Waals surface area contributed by atoms with E-state index >= 15 is 0 Å². The van der Waals surface area contributed by atoms with Gasteiger partial charge in [-0.1, -0.05) is 28.1 Å². The van der Waals surface area contributed by atoms with Gasteiger partial charge in [0.1, 0.15) is 5.82 Å². The monoisotopic (exact) mass is 391 g/mol. The highest BCUT2D eigenvalue weighted by atomic mass is 79.9. The van der Waals surface area contributed by atoms with E-state index in [-0.39, 0.29) is 0 Å². The normalized spacial score (nSPS) is 10.7. The van der Waals surface area contributed by atoms with Crippen molar-refractivity contribution in [2.45, 2.75) is 6.54 Å². The standard InChI is InChI=1S/C15H11Br2N3/c16-13-3-1-2-11(6-13)10-20-5-4-19-15(20)12-7-14(17)9-18-8-12/h1-9H,10H2. The number of imidazole rings is 1. The number of benzene rings is 1. The average Bonchev–Trinajstić information content (AvgIpc) is 2.87. The van der Waals surface area contributed by atoms with Crippen LogP contribution in [0.15, 0.2) is 64.1 Å². The molecule has 0 atom stereocenters. The third kappa shape index (κ3) is 2.99. The first kappa shape index (κ1) is 13.5. The van der Waals surface area contributed by atoms with Crippen molar-refractivity contribution in [3.63, 3.8) is 0 Å². The van der Waals surface area contributed by atoms with Crippen molar-refractivity contribution in [2.24, 2.45) is 0 Å². The maximum Gasteiger partial charge on any atom is 0.141 e. The molecule has 1 aromatic carbocycles. The largest absolute Gasteiger partial charge is 0.327 e. The maximum atomic E-state index is 4.44. The van der Waals surface area contributed by atoms with Gasteiger partial charge >= 0.3 is 0 Å². The lowest BCUT2D eigenvalue weighted by atomic mass is 10.2. The molecule has 100 valence electrons. The van der Waals surface area contributed by atoms with Gasteiger partial charge in [-0.05, 0) is 39.7 Å². The number of halogens is 2. The van der Waals surface area contributed by atoms with E-state index in [1.807, 2.05) is 36.8 Å². The van der Waals surface area contributed by atoms with E-state index in [1.165, 1.54) is 5.56 Å². The molecule has 5 heteroatoms. The van der Waals surface area contributed by atoms with Gasteiger partial charge < -0.3 is 4.57 Å². The third-order valence-corrected chi connectivity index (χ3v) is 3.85. The van der Waals surface area contributed by atoms with E-state index in [4.69, 9.17) is 0 Å². The molecular weight excluding hydrogens is 382 g/mol. The van der Waals surface area contributed by atoms with Gasteiger partial charge in [0.15, 0.2) is 0 Å². The second-order valence-corrected chi connectivity index (χ2v) is 6.23. The quantitative estimate of drug-likeness (QED) is 0.656. The van der Waals surface area contributed by atoms with Crippen LogP contribution in [-0.4, -0.2) is 14.5 Å². The van der Waals surface area contributed by atoms with Crippen LogP contribution in [0.1, 0.15) is 5.56 Å². The van der Waals surface area contributed by atoms with Crippen molar-refractivity contribution in [2.75, 3.05) is 0 Å². The zero-order valence-corrected chi connectivity index (χ0v) is 13.7. The van der Waals surface area contributed by atoms with E-state index in [0.717, 1.165) is 26.9 Å². The van der Waals surface area contributed by atoms with Crippen LogP contribution < -0.4 is 0 Å². The van der Waals surface area contributed by atoms with Crippen molar-refractivity contribution in [3.8, 4) is 11.4 Å². The summed E-state index contributed by atoms with van der Waals surface area (Å²) in [5, 5.41) is 0. The third-order valence-electron chi connectivity index (χ3n) is 2.92. The Morgan fingerprint density at radius 3 is 2.75 bits per heavy atom. The highest BCUT2D eigenvalue weighted by Gasteiger charge is 2.07. The summed E-state index contributed by atoms with van der Waals surface area (Å²) in [6.07, 6.45) is 7.39. The summed E-state index contributed by atoms with van der Waals surface area (Å²) in [4.78, 5) is 8.63. The fourth-order valence-corrected chi connectivity index (χ4v) is 2.87. The van der Waals surface area contributed by atoms with Gasteiger partial charge in [-0.15, -0.1) is 0 Å². The summed E-state index contributed by atoms with van der Waals surface area (Å²) in [6, 6.07) is 10.3. The van der Waals surface area contributed by atoms with Crippen LogP contribution in [0.25, 0.3) is 11.4 Å². The molecule has 0 N–H and O–H groups in total. The molecule has 0 fully saturated rings. The van der Waals surface area contributed by atoms with Crippen molar-refractivity contribution in [1.82, 2.24) is 14.5 Å². The van der Waals surface area contributed by atoms with Gasteiger partial charge in [0.25, 0.3) is 0 Å². The van der Waals surface area contributed by atoms with Crippen molar-refractivity contribution < 1.29 is 0 Å². The molecule has 2 heterocycles. The number of nitrogens with zero attached hydrogens (tertiary/aromatic N) is 3. The second kappa shape index (κ2) is 5.89. The summed E-state index contributed by atoms with van der Waals surface area (Å²) in [7, 11) is 0. The molecule has 3 aromatic rings. The van der Waals surface area contributed by atoms with Gasteiger partial charge in [0, 0.05) is 45.8 Å². The molecule has 0 spiro atoms. The van der Waals surface area contributed by atoms with Crippen LogP contribution in [0, 0.1) is 0 Å². The van der Waals surface area contributed by atoms with Crippen LogP contribution >= 0.6 is 31.9 Å². The molecule has 3 nitrogen and oxygen atoms in total. The van der Waals surface area contributed by atoms with E-state index in [1.54, 1.807) is 6.20 Å². The lowest BCUT2D eigenvalue weighted by Gasteiger charge is -2.08. The van der Waals surface area contributed by atoms with Gasteiger partial charge in [0.05, 0.1) is 0 Å². The summed E-state index contributed by atoms with van der Waals surface area (Å²) < 4.78 is 4.15. The van der Waals surface area contributed by atoms with Crippen molar-refractivity contribution >= 4 is 31.9 Å². The fourth-order valence-electron chi connectivity index (χ4n) is 2.06. The summed E-state index contributed by atoms with van der Waals surface area (Å²) in [5.41, 5.74) is 2.22. The molecule has 2 aromatic heterocycles. The highest BCUT2D eigenvalue weighted by Crippen LogP contribution is 2.21. The van der Waals surface area contributed by atoms with E-state index in [2.05, 4.69) is 58.5 Å². The molecule has 0 saturated carbocycles. The second-order valence-electron chi connectivity index (χ2n) is 4.40. The first-order chi connectivity index (χ1) is 9.72. The fraction of sp³-hybridized carbons (Fsp3) is 0.0667. The topological polar surface area (TPSA) is 30.7 Å². The van der Waals surface area contributed by atoms with Crippen LogP contribution in [0.5, 0.6) is 0 Å². The minimum atomic E-state index is 0.779. The molecule has 0 saturated heterocycles. The molecule has 0 amide bonds. The van der Waals surface area contributed by atoms with Crippen molar-refractivity contribution in [3.05, 3.63) is 69.6 Å². The van der Waals surface area contributed by atoms with Crippen LogP contribution in [-0.2, 0) is 6.54 Å². The van der Waals surface area contributed by atoms with E-state index < -0.39 is 0 Å². The first-order valence-electron chi connectivity index (χ1n) is 6.09. The predicted molar refractivity (Wildman–Crippen MR) is 86.4 cm³/mol. The molecule has 0 bridgehead atoms. The SMILES string of the molecule is Brc1cccc(Cn2ccnc2-c2cncc(Br)c2)c1. The maximum absolute atomic E-state index is 4.44. The summed E-state index contributed by atoms with van der Waals surface area (Å²) in [5.74, 6) is 0.916. The average molecular weight is 393 g/mol. The molecule has 3 rings (SSSR count). The van der Waals surface area contributed by atoms with Gasteiger partial charge in [0.2, 0.25) is 0 Å². The number of rotatable bonds is 3. The number of hydrogen-bond donors (Lipinski definition) is 0. The summed E-state index contributed by atoms with van der Waals surface area (Å²) >= 11 is 6.94. The smallest absolute Gasteiger partial charge is 0.141 e. The van der Waals surface area contributed by atoms with Crippen LogP contribution in [0.4, 0.5) is 0 Å². The molecule has 20 heavy (non-hydrogen) atoms. The molecular formula is C15H11Br2N3. The minimum absolute atomic E-state index is 0.779. The predicted octanol–water partition coefficient (Wildman–Crippen LogP) is 4.52. The minimum Gasteiger partial charge on any atom is -0.327 e. The Morgan fingerprint density at radius 1 is 1.05 bits per heavy atom. The van der Waals surface area contributed by atoms with Gasteiger partial charge in [-0.25, -0.2) is 4.98 Å². The zero-order valence-electron chi connectivity index (χ0n) is 10.5. The molecule has 0 aliphatic rings. The van der Waals surface area contributed by atoms with Crippen molar-refractivity contribution in [1.29, 1.82) is 0 Å². The zero-order chi connectivity index (χ0) is 13.9. The number of hydrogen-bond acceptors (Lipinski definition) is 2. The van der Waals surface area contributed by atoms with Crippen LogP contribution in [0.2, 0.25) is 0 Å². The Bertz CT molecular complexity index is 737. The summed E-state index contributed by atoms with van der Waals surface area (Å²) in [6.45, 7) is 0.779. The lowest BCUT2D eigenvalue weighted by molar-refractivity contribution is 0.806. The number of aromatic nitrogens is 3. The molecule has 0 aliphatic heterocycles.